The van der Waals surface area contributed by atoms with Crippen molar-refractivity contribution in [2.75, 3.05) is 22.9 Å². The number of anilines is 2. The standard InChI is InChI=1S/C21H27N2.C11H12ClO.Ru/c1-14-9-16(3)20(17(4)10-14)22-7-8-23(13-22)21-18(5)11-15(2)12-19(21)6;1-9(2)13-11-6-4-3-5-10(11)7-8-12;/h9-13H,7-8H2,1-6H3;3-6,8-9H,1-2H3;/q2*-1;+2. The van der Waals surface area contributed by atoms with E-state index in [0.717, 1.165) is 24.4 Å². The van der Waals surface area contributed by atoms with Crippen LogP contribution in [0, 0.1) is 54.3 Å². The van der Waals surface area contributed by atoms with Gasteiger partial charge in [-0.15, -0.1) is 17.7 Å². The van der Waals surface area contributed by atoms with E-state index < -0.39 is 0 Å². The van der Waals surface area contributed by atoms with Crippen molar-refractivity contribution in [2.45, 2.75) is 61.5 Å². The molecule has 3 nitrogen and oxygen atoms in total. The summed E-state index contributed by atoms with van der Waals surface area (Å²) in [5.41, 5.74) is 13.1. The fourth-order valence-electron chi connectivity index (χ4n) is 5.09. The number of aryl methyl sites for hydroxylation is 6. The quantitative estimate of drug-likeness (QED) is 0.215. The number of rotatable bonds is 5. The topological polar surface area (TPSA) is 15.7 Å². The first-order valence-corrected chi connectivity index (χ1v) is 13.0. The van der Waals surface area contributed by atoms with Gasteiger partial charge in [0.15, 0.2) is 0 Å². The van der Waals surface area contributed by atoms with Gasteiger partial charge in [0.2, 0.25) is 0 Å². The van der Waals surface area contributed by atoms with Crippen LogP contribution in [0.2, 0.25) is 0 Å². The Bertz CT molecular complexity index is 1110. The number of ether oxygens (including phenoxy) is 1. The number of hydrogen-bond donors (Lipinski definition) is 0. The zero-order valence-corrected chi connectivity index (χ0v) is 25.8. The van der Waals surface area contributed by atoms with Crippen LogP contribution in [0.1, 0.15) is 52.8 Å². The van der Waals surface area contributed by atoms with E-state index in [1.165, 1.54) is 50.3 Å². The predicted octanol–water partition coefficient (Wildman–Crippen LogP) is 8.36. The summed E-state index contributed by atoms with van der Waals surface area (Å²) in [6.07, 6.45) is 3.06. The van der Waals surface area contributed by atoms with Gasteiger partial charge >= 0.3 is 19.5 Å². The normalized spacial score (nSPS) is 13.0. The maximum atomic E-state index is 5.56. The first-order chi connectivity index (χ1) is 17.1. The molecule has 1 heterocycles. The van der Waals surface area contributed by atoms with E-state index in [2.05, 4.69) is 88.4 Å². The number of para-hydroxylation sites is 1. The summed E-state index contributed by atoms with van der Waals surface area (Å²) >= 11 is 5.45. The van der Waals surface area contributed by atoms with Crippen LogP contribution < -0.4 is 14.5 Å². The van der Waals surface area contributed by atoms with Crippen LogP contribution in [-0.2, 0) is 19.5 Å². The van der Waals surface area contributed by atoms with E-state index >= 15 is 0 Å². The van der Waals surface area contributed by atoms with Crippen molar-refractivity contribution in [1.82, 2.24) is 0 Å². The summed E-state index contributed by atoms with van der Waals surface area (Å²) in [4.78, 5) is 4.81. The number of hydrogen-bond acceptors (Lipinski definition) is 3. The zero-order chi connectivity index (χ0) is 26.4. The van der Waals surface area contributed by atoms with Gasteiger partial charge in [-0.25, -0.2) is 0 Å². The van der Waals surface area contributed by atoms with Gasteiger partial charge in [0.1, 0.15) is 0 Å². The van der Waals surface area contributed by atoms with Crippen LogP contribution >= 0.6 is 11.6 Å². The molecule has 198 valence electrons. The minimum atomic E-state index is 0. The Balaban J connectivity index is 0.000000295. The van der Waals surface area contributed by atoms with Crippen LogP contribution in [-0.4, -0.2) is 19.2 Å². The average Bonchev–Trinajstić information content (AvgIpc) is 3.23. The van der Waals surface area contributed by atoms with Gasteiger partial charge in [0.25, 0.3) is 0 Å². The molecule has 0 aliphatic carbocycles. The largest absolute Gasteiger partial charge is 2.00 e. The van der Waals surface area contributed by atoms with Crippen molar-refractivity contribution in [3.63, 3.8) is 0 Å². The number of benzene rings is 3. The molecule has 1 aliphatic heterocycles. The molecule has 1 fully saturated rings. The molecule has 3 aromatic carbocycles. The maximum absolute atomic E-state index is 5.56. The van der Waals surface area contributed by atoms with Gasteiger partial charge < -0.3 is 14.5 Å². The maximum Gasteiger partial charge on any atom is 2.00 e. The van der Waals surface area contributed by atoms with Crippen molar-refractivity contribution in [3.8, 4) is 5.75 Å². The molecular formula is C32H39ClN2ORu. The van der Waals surface area contributed by atoms with E-state index in [1.54, 1.807) is 0 Å². The van der Waals surface area contributed by atoms with Crippen LogP contribution in [0.5, 0.6) is 5.75 Å². The van der Waals surface area contributed by atoms with Gasteiger partial charge in [0, 0.05) is 30.2 Å². The monoisotopic (exact) mass is 604 g/mol. The van der Waals surface area contributed by atoms with Crippen molar-refractivity contribution in [2.24, 2.45) is 0 Å². The molecule has 0 saturated carbocycles. The third-order valence-electron chi connectivity index (χ3n) is 6.17. The Labute approximate surface area is 242 Å². The molecule has 3 aromatic rings. The van der Waals surface area contributed by atoms with Crippen molar-refractivity contribution in [1.29, 1.82) is 0 Å². The molecule has 1 saturated heterocycles. The Hall–Kier alpha value is -2.29. The molecule has 37 heavy (non-hydrogen) atoms. The Morgan fingerprint density at radius 2 is 1.24 bits per heavy atom. The van der Waals surface area contributed by atoms with Gasteiger partial charge in [-0.3, -0.25) is 0 Å². The predicted molar refractivity (Wildman–Crippen MR) is 155 cm³/mol. The van der Waals surface area contributed by atoms with Crippen LogP contribution in [0.3, 0.4) is 0 Å². The zero-order valence-electron chi connectivity index (χ0n) is 23.3. The fourth-order valence-corrected chi connectivity index (χ4v) is 5.21. The Kier molecular flexibility index (Phi) is 11.7. The van der Waals surface area contributed by atoms with E-state index in [9.17, 15) is 0 Å². The molecule has 0 atom stereocenters. The van der Waals surface area contributed by atoms with Gasteiger partial charge in [0.05, 0.1) is 6.10 Å². The van der Waals surface area contributed by atoms with Crippen molar-refractivity contribution >= 4 is 23.0 Å². The first-order valence-electron chi connectivity index (χ1n) is 12.6. The molecule has 0 radical (unpaired) electrons. The van der Waals surface area contributed by atoms with Gasteiger partial charge in [-0.1, -0.05) is 53.1 Å². The van der Waals surface area contributed by atoms with Crippen molar-refractivity contribution in [3.05, 3.63) is 106 Å². The third kappa shape index (κ3) is 8.10. The molecule has 4 rings (SSSR count). The molecule has 0 aromatic heterocycles. The van der Waals surface area contributed by atoms with Gasteiger partial charge in [-0.2, -0.15) is 24.4 Å². The van der Waals surface area contributed by atoms with E-state index in [1.807, 2.05) is 38.1 Å². The second kappa shape index (κ2) is 14.0. The average molecular weight is 604 g/mol. The number of halogens is 1. The summed E-state index contributed by atoms with van der Waals surface area (Å²) in [5.74, 6) is 0.814. The third-order valence-corrected chi connectivity index (χ3v) is 6.27. The molecule has 5 heteroatoms. The Morgan fingerprint density at radius 1 is 0.811 bits per heavy atom. The molecule has 0 bridgehead atoms. The summed E-state index contributed by atoms with van der Waals surface area (Å²) in [6, 6.07) is 16.8. The van der Waals surface area contributed by atoms with Crippen molar-refractivity contribution < 1.29 is 24.2 Å². The molecule has 1 aliphatic rings. The molecule has 0 amide bonds. The molecular weight excluding hydrogens is 565 g/mol. The van der Waals surface area contributed by atoms with E-state index in [0.29, 0.717) is 0 Å². The first kappa shape index (κ1) is 30.9. The second-order valence-corrected chi connectivity index (χ2v) is 10.1. The minimum absolute atomic E-state index is 0. The summed E-state index contributed by atoms with van der Waals surface area (Å²) in [7, 11) is 0. The summed E-state index contributed by atoms with van der Waals surface area (Å²) in [6.45, 7) is 21.5. The summed E-state index contributed by atoms with van der Waals surface area (Å²) in [5, 5.41) is 0. The second-order valence-electron chi connectivity index (χ2n) is 9.91. The fraction of sp³-hybridized carbons (Fsp3) is 0.344. The Morgan fingerprint density at radius 3 is 1.65 bits per heavy atom. The number of nitrogens with zero attached hydrogens (tertiary/aromatic N) is 2. The summed E-state index contributed by atoms with van der Waals surface area (Å²) < 4.78 is 5.56. The van der Waals surface area contributed by atoms with E-state index in [-0.39, 0.29) is 25.6 Å². The SMILES string of the molecule is CC(C)Oc1ccccc1[C-]=CCl.Cc1cc(C)c(N2[CH-]N(c3c(C)cc(C)cc3C)CC2)c(C)c1.[Ru+2]. The smallest absolute Gasteiger partial charge is 0.548 e. The van der Waals surface area contributed by atoms with E-state index in [4.69, 9.17) is 16.3 Å². The molecule has 0 spiro atoms. The molecule has 0 N–H and O–H groups in total. The minimum Gasteiger partial charge on any atom is -0.548 e. The van der Waals surface area contributed by atoms with Crippen LogP contribution in [0.15, 0.2) is 54.1 Å². The van der Waals surface area contributed by atoms with Crippen LogP contribution in [0.4, 0.5) is 11.4 Å². The molecule has 0 unspecified atom stereocenters. The van der Waals surface area contributed by atoms with Gasteiger partial charge in [-0.05, 0) is 77.6 Å². The van der Waals surface area contributed by atoms with Crippen LogP contribution in [0.25, 0.3) is 0 Å².